The molecule has 10 rings (SSSR count). The molecule has 3 fully saturated rings. The maximum Gasteiger partial charge on any atom is 0.505 e. The summed E-state index contributed by atoms with van der Waals surface area (Å²) in [5.74, 6) is 4.49. The average Bonchev–Trinajstić information content (AvgIpc) is 3.39. The zero-order valence-corrected chi connectivity index (χ0v) is 47.9. The number of alkyl halides is 1. The molecule has 0 amide bonds. The van der Waals surface area contributed by atoms with E-state index in [-0.39, 0.29) is 12.1 Å². The van der Waals surface area contributed by atoms with Crippen molar-refractivity contribution >= 4 is 88.4 Å². The van der Waals surface area contributed by atoms with Crippen LogP contribution in [0, 0.1) is 59.3 Å². The van der Waals surface area contributed by atoms with Gasteiger partial charge in [-0.3, -0.25) is 4.57 Å². The number of nitrogens with zero attached hydrogens (tertiary/aromatic N) is 9. The number of aliphatic hydroxyl groups is 1. The Morgan fingerprint density at radius 3 is 1.26 bits per heavy atom. The van der Waals surface area contributed by atoms with Crippen LogP contribution in [0.5, 0.6) is 0 Å². The first-order chi connectivity index (χ1) is 35.5. The first kappa shape index (κ1) is 56.9. The Morgan fingerprint density at radius 1 is 0.568 bits per heavy atom. The zero-order valence-electron chi connectivity index (χ0n) is 44.0. The van der Waals surface area contributed by atoms with Gasteiger partial charge in [0.25, 0.3) is 0 Å². The Bertz CT molecular complexity index is 2920. The zero-order chi connectivity index (χ0) is 52.9. The molecule has 394 valence electrons. The maximum atomic E-state index is 11.2. The molecule has 3 aliphatic heterocycles. The van der Waals surface area contributed by atoms with Crippen LogP contribution < -0.4 is 14.7 Å². The Hall–Kier alpha value is -4.80. The molecule has 3 aliphatic rings. The minimum Gasteiger partial charge on any atom is -0.396 e. The number of aromatic nitrogens is 6. The molecule has 0 radical (unpaired) electrons. The van der Waals surface area contributed by atoms with Crippen molar-refractivity contribution in [1.29, 1.82) is 0 Å². The molecule has 1 unspecified atom stereocenters. The van der Waals surface area contributed by atoms with Crippen LogP contribution in [0.3, 0.4) is 0 Å². The van der Waals surface area contributed by atoms with Crippen LogP contribution in [0.15, 0.2) is 85.7 Å². The van der Waals surface area contributed by atoms with Gasteiger partial charge >= 0.3 is 15.6 Å². The number of halogens is 1. The molecule has 0 saturated carbocycles. The van der Waals surface area contributed by atoms with Gasteiger partial charge in [-0.25, -0.2) is 29.9 Å². The van der Waals surface area contributed by atoms with Crippen LogP contribution in [0.25, 0.3) is 32.7 Å². The van der Waals surface area contributed by atoms with Crippen molar-refractivity contribution in [3.05, 3.63) is 125 Å². The van der Waals surface area contributed by atoms with E-state index in [4.69, 9.17) is 14.3 Å². The van der Waals surface area contributed by atoms with E-state index < -0.39 is 15.6 Å². The standard InChI is InChI=1S/C16H20IN3.C16H22N3O3P.C16H21N3O.C8H10O2P/c1-11-7-14-15(8-12(11)2)18-10-19-16(14)20-5-3-13(9-17)4-6-20;1-11-7-14-15(8-12(11)2)17-10-18-16(14)19-5-3-13(4-6-19)9-23(20,21)22;1-11-7-14-15(8-12(11)2)17-10-18-16(14)19-5-3-13(9-20)4-6-19;1-11(9)10-7-8-5-3-2-4-6-8/h7-8,10,13H,3-6,9H2,1-2H3;7-8,10,13H,3-6,9H2,1-2H3,(H2,20,21,22);7-8,10,13,20H,3-6,9H2,1-2H3;2-6H,7H2,1H3/q;;;+1. The highest BCUT2D eigenvalue weighted by Gasteiger charge is 2.28. The lowest BCUT2D eigenvalue weighted by Crippen LogP contribution is -2.35. The molecule has 6 heterocycles. The second-order valence-corrected chi connectivity index (χ2v) is 23.8. The van der Waals surface area contributed by atoms with Crippen LogP contribution >= 0.6 is 38.2 Å². The largest absolute Gasteiger partial charge is 0.505 e. The predicted molar refractivity (Wildman–Crippen MR) is 309 cm³/mol. The number of aryl methyl sites for hydroxylation is 6. The van der Waals surface area contributed by atoms with Crippen LogP contribution in [0.4, 0.5) is 17.5 Å². The van der Waals surface area contributed by atoms with Gasteiger partial charge in [0.15, 0.2) is 6.66 Å². The number of piperidine rings is 3. The topological polar surface area (TPSA) is 191 Å². The van der Waals surface area contributed by atoms with Crippen molar-refractivity contribution in [3.63, 3.8) is 0 Å². The van der Waals surface area contributed by atoms with Crippen molar-refractivity contribution in [1.82, 2.24) is 29.9 Å². The van der Waals surface area contributed by atoms with Crippen molar-refractivity contribution < 1.29 is 28.5 Å². The minimum absolute atomic E-state index is 0.0103. The number of hydrogen-bond acceptors (Lipinski definition) is 13. The van der Waals surface area contributed by atoms with Gasteiger partial charge in [-0.1, -0.05) is 52.9 Å². The van der Waals surface area contributed by atoms with Crippen LogP contribution in [-0.2, 0) is 20.3 Å². The van der Waals surface area contributed by atoms with Crippen LogP contribution in [0.1, 0.15) is 77.5 Å². The molecular weight excluding hydrogens is 1080 g/mol. The van der Waals surface area contributed by atoms with Crippen LogP contribution in [0.2, 0.25) is 0 Å². The van der Waals surface area contributed by atoms with Gasteiger partial charge in [-0.15, -0.1) is 4.52 Å². The van der Waals surface area contributed by atoms with Gasteiger partial charge in [0.1, 0.15) is 43.0 Å². The van der Waals surface area contributed by atoms with E-state index in [2.05, 4.69) is 145 Å². The van der Waals surface area contributed by atoms with Crippen molar-refractivity contribution in [2.45, 2.75) is 86.7 Å². The predicted octanol–water partition coefficient (Wildman–Crippen LogP) is 11.6. The molecule has 0 aliphatic carbocycles. The van der Waals surface area contributed by atoms with Gasteiger partial charge in [-0.05, 0) is 178 Å². The first-order valence-corrected chi connectivity index (χ1v) is 30.6. The van der Waals surface area contributed by atoms with E-state index >= 15 is 0 Å². The third-order valence-electron chi connectivity index (χ3n) is 14.7. The fourth-order valence-corrected chi connectivity index (χ4v) is 11.9. The second-order valence-electron chi connectivity index (χ2n) is 20.1. The molecule has 0 spiro atoms. The lowest BCUT2D eigenvalue weighted by molar-refractivity contribution is 0.203. The Morgan fingerprint density at radius 2 is 0.919 bits per heavy atom. The van der Waals surface area contributed by atoms with E-state index in [1.54, 1.807) is 25.6 Å². The summed E-state index contributed by atoms with van der Waals surface area (Å²) in [4.78, 5) is 51.9. The molecule has 0 bridgehead atoms. The van der Waals surface area contributed by atoms with Crippen LogP contribution in [-0.4, -0.2) is 108 Å². The smallest absolute Gasteiger partial charge is 0.396 e. The van der Waals surface area contributed by atoms with E-state index in [0.717, 1.165) is 121 Å². The fourth-order valence-electron chi connectivity index (χ4n) is 9.69. The number of hydrogen-bond donors (Lipinski definition) is 3. The molecule has 18 heteroatoms. The van der Waals surface area contributed by atoms with E-state index in [0.29, 0.717) is 19.1 Å². The number of aliphatic hydroxyl groups excluding tert-OH is 1. The fraction of sp³-hybridized carbons (Fsp3) is 0.464. The van der Waals surface area contributed by atoms with Crippen molar-refractivity contribution in [3.8, 4) is 0 Å². The van der Waals surface area contributed by atoms with E-state index in [1.807, 2.05) is 30.3 Å². The number of benzene rings is 4. The molecule has 74 heavy (non-hydrogen) atoms. The normalized spacial score (nSPS) is 16.0. The maximum absolute atomic E-state index is 11.2. The Kier molecular flexibility index (Phi) is 20.6. The van der Waals surface area contributed by atoms with Crippen molar-refractivity contribution in [2.75, 3.05) is 77.8 Å². The minimum atomic E-state index is -3.92. The highest BCUT2D eigenvalue weighted by molar-refractivity contribution is 14.1. The quantitative estimate of drug-likeness (QED) is 0.0665. The number of anilines is 3. The number of fused-ring (bicyclic) bond motifs is 3. The summed E-state index contributed by atoms with van der Waals surface area (Å²) >= 11 is 2.51. The van der Waals surface area contributed by atoms with Crippen molar-refractivity contribution in [2.24, 2.45) is 17.8 Å². The van der Waals surface area contributed by atoms with Gasteiger partial charge < -0.3 is 29.6 Å². The molecule has 4 aromatic carbocycles. The summed E-state index contributed by atoms with van der Waals surface area (Å²) in [6.45, 7) is 20.7. The summed E-state index contributed by atoms with van der Waals surface area (Å²) in [5, 5.41) is 12.6. The highest BCUT2D eigenvalue weighted by atomic mass is 127. The van der Waals surface area contributed by atoms with E-state index in [1.165, 1.54) is 56.0 Å². The molecule has 15 nitrogen and oxygen atoms in total. The molecule has 3 saturated heterocycles. The summed E-state index contributed by atoms with van der Waals surface area (Å²) < 4.78 is 27.9. The van der Waals surface area contributed by atoms with Gasteiger partial charge in [0, 0.05) is 66.5 Å². The summed E-state index contributed by atoms with van der Waals surface area (Å²) in [6, 6.07) is 22.6. The first-order valence-electron chi connectivity index (χ1n) is 25.7. The molecule has 7 aromatic rings. The molecule has 1 atom stereocenters. The Labute approximate surface area is 451 Å². The molecule has 3 N–H and O–H groups in total. The summed E-state index contributed by atoms with van der Waals surface area (Å²) in [6.07, 6.45) is 11.1. The van der Waals surface area contributed by atoms with E-state index in [9.17, 15) is 14.2 Å². The van der Waals surface area contributed by atoms with Gasteiger partial charge in [0.2, 0.25) is 0 Å². The Balaban J connectivity index is 0.000000148. The lowest BCUT2D eigenvalue weighted by atomic mass is 9.97. The molecular formula is C56H73IN9O6P2+. The second kappa shape index (κ2) is 26.8. The van der Waals surface area contributed by atoms with Gasteiger partial charge in [-0.2, -0.15) is 0 Å². The summed E-state index contributed by atoms with van der Waals surface area (Å²) in [5.41, 5.74) is 11.7. The lowest BCUT2D eigenvalue weighted by Gasteiger charge is -2.33. The monoisotopic (exact) mass is 1160 g/mol. The third kappa shape index (κ3) is 15.6. The number of rotatable bonds is 10. The average molecular weight is 1160 g/mol. The summed E-state index contributed by atoms with van der Waals surface area (Å²) in [7, 11) is -5.40. The SMILES string of the molecule is C[P+](=O)OCc1ccccc1.Cc1cc2ncnc(N3CCC(CI)CC3)c2cc1C.Cc1cc2ncnc(N3CCC(CO)CC3)c2cc1C.Cc1cc2ncnc(N3CCC(CP(=O)(O)O)CC3)c2cc1C. The molecule has 3 aromatic heterocycles. The highest BCUT2D eigenvalue weighted by Crippen LogP contribution is 2.40. The third-order valence-corrected chi connectivity index (χ3v) is 17.4. The van der Waals surface area contributed by atoms with Gasteiger partial charge in [0.05, 0.1) is 22.7 Å².